The number of carbonyl (C=O) groups is 2. The van der Waals surface area contributed by atoms with Crippen LogP contribution < -0.4 is 26.8 Å². The molecule has 5 N–H and O–H groups in total. The molecular weight excluding hydrogens is 354 g/mol. The summed E-state index contributed by atoms with van der Waals surface area (Å²) in [4.78, 5) is 24.4. The van der Waals surface area contributed by atoms with Crippen molar-refractivity contribution in [1.29, 1.82) is 0 Å². The number of amides is 3. The van der Waals surface area contributed by atoms with Gasteiger partial charge in [0.15, 0.2) is 0 Å². The van der Waals surface area contributed by atoms with Crippen molar-refractivity contribution in [2.45, 2.75) is 38.8 Å². The Hall–Kier alpha value is -2.90. The lowest BCUT2D eigenvalue weighted by Crippen LogP contribution is -2.40. The average Bonchev–Trinajstić information content (AvgIpc) is 3.12. The van der Waals surface area contributed by atoms with Crippen molar-refractivity contribution in [3.05, 3.63) is 54.6 Å². The number of hydrogen-bond donors (Lipinski definition) is 5. The van der Waals surface area contributed by atoms with Gasteiger partial charge in [0.05, 0.1) is 0 Å². The maximum atomic E-state index is 12.4. The van der Waals surface area contributed by atoms with Crippen molar-refractivity contribution in [2.24, 2.45) is 5.92 Å². The lowest BCUT2D eigenvalue weighted by Gasteiger charge is -2.12. The van der Waals surface area contributed by atoms with Crippen molar-refractivity contribution in [3.63, 3.8) is 0 Å². The number of rotatable bonds is 6. The van der Waals surface area contributed by atoms with Gasteiger partial charge in [0, 0.05) is 23.1 Å². The van der Waals surface area contributed by atoms with Crippen LogP contribution in [0.4, 0.5) is 21.9 Å². The van der Waals surface area contributed by atoms with Crippen LogP contribution in [0, 0.1) is 5.92 Å². The molecule has 1 aliphatic rings. The molecule has 28 heavy (non-hydrogen) atoms. The predicted molar refractivity (Wildman–Crippen MR) is 112 cm³/mol. The molecule has 2 unspecified atom stereocenters. The Balaban J connectivity index is 1.48. The van der Waals surface area contributed by atoms with E-state index >= 15 is 0 Å². The SMILES string of the molecule is CC(C)CC1CC(C(=O)Nc2ccc(NC(=O)Nc3ccccc3)cc2)NN1. The maximum Gasteiger partial charge on any atom is 0.323 e. The Morgan fingerprint density at radius 2 is 1.46 bits per heavy atom. The first-order chi connectivity index (χ1) is 13.5. The normalized spacial score (nSPS) is 18.7. The van der Waals surface area contributed by atoms with Crippen molar-refractivity contribution in [3.8, 4) is 0 Å². The van der Waals surface area contributed by atoms with E-state index in [2.05, 4.69) is 40.6 Å². The molecule has 7 nitrogen and oxygen atoms in total. The van der Waals surface area contributed by atoms with Crippen molar-refractivity contribution >= 4 is 29.0 Å². The number of anilines is 3. The summed E-state index contributed by atoms with van der Waals surface area (Å²) < 4.78 is 0. The number of benzene rings is 2. The second kappa shape index (κ2) is 9.34. The van der Waals surface area contributed by atoms with E-state index in [1.165, 1.54) is 0 Å². The van der Waals surface area contributed by atoms with Gasteiger partial charge in [-0.15, -0.1) is 0 Å². The number of para-hydroxylation sites is 1. The highest BCUT2D eigenvalue weighted by Gasteiger charge is 2.29. The number of nitrogens with one attached hydrogen (secondary N) is 5. The Labute approximate surface area is 165 Å². The first-order valence-corrected chi connectivity index (χ1v) is 9.54. The number of hydrogen-bond acceptors (Lipinski definition) is 4. The monoisotopic (exact) mass is 381 g/mol. The van der Waals surface area contributed by atoms with Gasteiger partial charge in [-0.25, -0.2) is 10.2 Å². The van der Waals surface area contributed by atoms with Gasteiger partial charge in [-0.05, 0) is 55.2 Å². The fourth-order valence-electron chi connectivity index (χ4n) is 3.20. The Morgan fingerprint density at radius 3 is 2.07 bits per heavy atom. The van der Waals surface area contributed by atoms with Crippen molar-refractivity contribution in [2.75, 3.05) is 16.0 Å². The lowest BCUT2D eigenvalue weighted by atomic mass is 10.00. The van der Waals surface area contributed by atoms with Crippen LogP contribution in [-0.2, 0) is 4.79 Å². The summed E-state index contributed by atoms with van der Waals surface area (Å²) in [5, 5.41) is 8.43. The minimum absolute atomic E-state index is 0.0683. The number of carbonyl (C=O) groups excluding carboxylic acids is 2. The Morgan fingerprint density at radius 1 is 0.893 bits per heavy atom. The molecule has 0 aliphatic carbocycles. The molecule has 1 fully saturated rings. The van der Waals surface area contributed by atoms with E-state index in [0.29, 0.717) is 23.3 Å². The zero-order chi connectivity index (χ0) is 19.9. The fraction of sp³-hybridized carbons (Fsp3) is 0.333. The van der Waals surface area contributed by atoms with Gasteiger partial charge in [0.2, 0.25) is 5.91 Å². The van der Waals surface area contributed by atoms with Crippen LogP contribution >= 0.6 is 0 Å². The van der Waals surface area contributed by atoms with Gasteiger partial charge in [-0.1, -0.05) is 32.0 Å². The van der Waals surface area contributed by atoms with Gasteiger partial charge in [0.25, 0.3) is 0 Å². The highest BCUT2D eigenvalue weighted by atomic mass is 16.2. The third-order valence-electron chi connectivity index (χ3n) is 4.50. The van der Waals surface area contributed by atoms with Gasteiger partial charge in [-0.3, -0.25) is 10.2 Å². The number of urea groups is 1. The van der Waals surface area contributed by atoms with E-state index in [1.54, 1.807) is 24.3 Å². The molecule has 2 atom stereocenters. The molecule has 2 aromatic rings. The van der Waals surface area contributed by atoms with E-state index in [1.807, 2.05) is 30.3 Å². The molecule has 0 saturated carbocycles. The average molecular weight is 381 g/mol. The topological polar surface area (TPSA) is 94.3 Å². The Bertz CT molecular complexity index is 792. The smallest absolute Gasteiger partial charge is 0.323 e. The van der Waals surface area contributed by atoms with Gasteiger partial charge in [-0.2, -0.15) is 0 Å². The van der Waals surface area contributed by atoms with E-state index in [-0.39, 0.29) is 18.0 Å². The molecule has 1 heterocycles. The zero-order valence-electron chi connectivity index (χ0n) is 16.2. The summed E-state index contributed by atoms with van der Waals surface area (Å²) in [7, 11) is 0. The molecule has 1 aliphatic heterocycles. The molecule has 148 valence electrons. The van der Waals surface area contributed by atoms with E-state index in [9.17, 15) is 9.59 Å². The molecule has 0 aromatic heterocycles. The van der Waals surface area contributed by atoms with Gasteiger partial charge >= 0.3 is 6.03 Å². The van der Waals surface area contributed by atoms with Gasteiger partial charge in [0.1, 0.15) is 6.04 Å². The minimum atomic E-state index is -0.319. The predicted octanol–water partition coefficient (Wildman–Crippen LogP) is 3.55. The van der Waals surface area contributed by atoms with E-state index in [4.69, 9.17) is 0 Å². The first kappa shape index (κ1) is 19.9. The molecule has 3 amide bonds. The highest BCUT2D eigenvalue weighted by molar-refractivity contribution is 6.00. The van der Waals surface area contributed by atoms with Crippen LogP contribution in [0.15, 0.2) is 54.6 Å². The summed E-state index contributed by atoms with van der Waals surface area (Å²) in [5.41, 5.74) is 8.31. The summed E-state index contributed by atoms with van der Waals surface area (Å²) in [6.45, 7) is 4.34. The molecule has 0 spiro atoms. The van der Waals surface area contributed by atoms with Crippen LogP contribution in [0.5, 0.6) is 0 Å². The summed E-state index contributed by atoms with van der Waals surface area (Å²) in [6.07, 6.45) is 1.80. The van der Waals surface area contributed by atoms with Gasteiger partial charge < -0.3 is 16.0 Å². The Kier molecular flexibility index (Phi) is 6.62. The molecular formula is C21H27N5O2. The third-order valence-corrected chi connectivity index (χ3v) is 4.50. The molecule has 0 radical (unpaired) electrons. The summed E-state index contributed by atoms with van der Waals surface area (Å²) in [5.74, 6) is 0.515. The van der Waals surface area contributed by atoms with Crippen LogP contribution in [0.2, 0.25) is 0 Å². The standard InChI is InChI=1S/C21H27N5O2/c1-14(2)12-18-13-19(26-25-18)20(27)22-16-8-10-17(11-9-16)24-21(28)23-15-6-4-3-5-7-15/h3-11,14,18-19,25-26H,12-13H2,1-2H3,(H,22,27)(H2,23,24,28). The van der Waals surface area contributed by atoms with E-state index < -0.39 is 0 Å². The fourth-order valence-corrected chi connectivity index (χ4v) is 3.20. The molecule has 7 heteroatoms. The van der Waals surface area contributed by atoms with Crippen LogP contribution in [-0.4, -0.2) is 24.0 Å². The third kappa shape index (κ3) is 5.80. The largest absolute Gasteiger partial charge is 0.325 e. The highest BCUT2D eigenvalue weighted by Crippen LogP contribution is 2.17. The molecule has 1 saturated heterocycles. The van der Waals surface area contributed by atoms with E-state index in [0.717, 1.165) is 18.5 Å². The maximum absolute atomic E-state index is 12.4. The summed E-state index contributed by atoms with van der Waals surface area (Å²) in [6, 6.07) is 16.0. The quantitative estimate of drug-likeness (QED) is 0.529. The number of hydrazine groups is 1. The second-order valence-electron chi connectivity index (χ2n) is 7.42. The summed E-state index contributed by atoms with van der Waals surface area (Å²) >= 11 is 0. The van der Waals surface area contributed by atoms with Crippen LogP contribution in [0.3, 0.4) is 0 Å². The molecule has 3 rings (SSSR count). The second-order valence-corrected chi connectivity index (χ2v) is 7.42. The van der Waals surface area contributed by atoms with Crippen LogP contribution in [0.25, 0.3) is 0 Å². The minimum Gasteiger partial charge on any atom is -0.325 e. The van der Waals surface area contributed by atoms with Crippen molar-refractivity contribution in [1.82, 2.24) is 10.9 Å². The van der Waals surface area contributed by atoms with Crippen LogP contribution in [0.1, 0.15) is 26.7 Å². The van der Waals surface area contributed by atoms with Crippen molar-refractivity contribution < 1.29 is 9.59 Å². The first-order valence-electron chi connectivity index (χ1n) is 9.54. The lowest BCUT2D eigenvalue weighted by molar-refractivity contribution is -0.117. The zero-order valence-corrected chi connectivity index (χ0v) is 16.2. The molecule has 0 bridgehead atoms. The molecule has 2 aromatic carbocycles.